The Hall–Kier alpha value is -2.21. The number of halogens is 1. The minimum Gasteiger partial charge on any atom is -0.464 e. The zero-order valence-corrected chi connectivity index (χ0v) is 13.4. The summed E-state index contributed by atoms with van der Waals surface area (Å²) in [6.45, 7) is 1.81. The number of esters is 1. The summed E-state index contributed by atoms with van der Waals surface area (Å²) in [5.41, 5.74) is 1.31. The molecule has 0 spiro atoms. The summed E-state index contributed by atoms with van der Waals surface area (Å²) < 4.78 is 11.0. The van der Waals surface area contributed by atoms with Gasteiger partial charge in [0.1, 0.15) is 9.45 Å². The van der Waals surface area contributed by atoms with Crippen molar-refractivity contribution in [3.05, 3.63) is 44.8 Å². The monoisotopic (exact) mass is 395 g/mol. The molecule has 106 valence electrons. The number of hydrogen-bond donors (Lipinski definition) is 0. The van der Waals surface area contributed by atoms with Gasteiger partial charge in [-0.25, -0.2) is 4.79 Å². The Morgan fingerprint density at radius 1 is 1.29 bits per heavy atom. The first-order valence-electron chi connectivity index (χ1n) is 5.85. The zero-order chi connectivity index (χ0) is 15.4. The topological polar surface area (TPSA) is 85.1 Å². The minimum atomic E-state index is -0.625. The van der Waals surface area contributed by atoms with Crippen LogP contribution in [0.4, 0.5) is 0 Å². The highest BCUT2D eigenvalue weighted by Gasteiger charge is 2.18. The smallest absolute Gasteiger partial charge is 0.362 e. The van der Waals surface area contributed by atoms with Crippen LogP contribution in [-0.2, 0) is 4.74 Å². The number of nitrogens with zero attached hydrogens (tertiary/aromatic N) is 3. The van der Waals surface area contributed by atoms with Gasteiger partial charge in [0.25, 0.3) is 0 Å². The van der Waals surface area contributed by atoms with Crippen molar-refractivity contribution >= 4 is 28.6 Å². The van der Waals surface area contributed by atoms with Gasteiger partial charge in [0.2, 0.25) is 5.69 Å². The van der Waals surface area contributed by atoms with Crippen LogP contribution in [0.3, 0.4) is 0 Å². The molecule has 0 N–H and O–H groups in total. The van der Waals surface area contributed by atoms with Crippen molar-refractivity contribution in [1.29, 1.82) is 5.26 Å². The van der Waals surface area contributed by atoms with Crippen LogP contribution in [0, 0.1) is 22.0 Å². The molecule has 0 saturated carbocycles. The van der Waals surface area contributed by atoms with Crippen LogP contribution < -0.4 is 4.74 Å². The molecule has 0 aliphatic rings. The van der Waals surface area contributed by atoms with Crippen LogP contribution in [0.25, 0.3) is 0 Å². The molecule has 0 saturated heterocycles. The molecule has 21 heavy (non-hydrogen) atoms. The van der Waals surface area contributed by atoms with E-state index in [1.807, 2.05) is 29.5 Å². The van der Waals surface area contributed by atoms with E-state index < -0.39 is 5.97 Å². The maximum absolute atomic E-state index is 11.7. The van der Waals surface area contributed by atoms with E-state index in [1.54, 1.807) is 24.3 Å². The summed E-state index contributed by atoms with van der Waals surface area (Å²) in [4.78, 5) is 11.7. The molecular weight excluding hydrogens is 385 g/mol. The number of benzene rings is 1. The number of hydrogen-bond acceptors (Lipinski definition) is 6. The Morgan fingerprint density at radius 3 is 2.67 bits per heavy atom. The third kappa shape index (κ3) is 3.46. The molecular formula is C14H10IN3O3. The van der Waals surface area contributed by atoms with Crippen LogP contribution in [0.5, 0.6) is 11.5 Å². The Balaban J connectivity index is 2.42. The molecule has 2 rings (SSSR count). The van der Waals surface area contributed by atoms with E-state index in [0.29, 0.717) is 15.0 Å². The highest BCUT2D eigenvalue weighted by atomic mass is 127. The van der Waals surface area contributed by atoms with Gasteiger partial charge in [-0.2, -0.15) is 5.26 Å². The second-order valence-corrected chi connectivity index (χ2v) is 5.17. The second kappa shape index (κ2) is 6.49. The van der Waals surface area contributed by atoms with E-state index in [0.717, 1.165) is 5.56 Å². The molecule has 1 heterocycles. The maximum atomic E-state index is 11.7. The second-order valence-electron chi connectivity index (χ2n) is 4.07. The molecule has 7 heteroatoms. The molecule has 0 aliphatic heterocycles. The Bertz CT molecular complexity index is 741. The van der Waals surface area contributed by atoms with Crippen molar-refractivity contribution in [2.24, 2.45) is 0 Å². The van der Waals surface area contributed by atoms with Crippen LogP contribution in [0.15, 0.2) is 24.3 Å². The molecule has 0 bridgehead atoms. The molecule has 2 aromatic rings. The number of rotatable bonds is 3. The van der Waals surface area contributed by atoms with Crippen LogP contribution in [-0.4, -0.2) is 23.3 Å². The average molecular weight is 395 g/mol. The molecule has 6 nitrogen and oxygen atoms in total. The normalized spacial score (nSPS) is 9.81. The number of nitriles is 1. The minimum absolute atomic E-state index is 0.00155. The number of carbonyl (C=O) groups is 1. The van der Waals surface area contributed by atoms with Crippen molar-refractivity contribution in [3.8, 4) is 17.6 Å². The number of ether oxygens (including phenoxy) is 2. The van der Waals surface area contributed by atoms with E-state index >= 15 is 0 Å². The molecule has 0 aliphatic carbocycles. The molecule has 1 aromatic carbocycles. The predicted octanol–water partition coefficient (Wildman–Crippen LogP) is 2.84. The predicted molar refractivity (Wildman–Crippen MR) is 82.1 cm³/mol. The van der Waals surface area contributed by atoms with Crippen LogP contribution in [0.2, 0.25) is 0 Å². The lowest BCUT2D eigenvalue weighted by Gasteiger charge is -2.11. The van der Waals surface area contributed by atoms with Gasteiger partial charge in [0, 0.05) is 6.07 Å². The first-order chi connectivity index (χ1) is 10.0. The first-order valence-corrected chi connectivity index (χ1v) is 6.93. The quantitative estimate of drug-likeness (QED) is 0.587. The number of methoxy groups -OCH3 is 1. The van der Waals surface area contributed by atoms with E-state index in [2.05, 4.69) is 21.0 Å². The van der Waals surface area contributed by atoms with Gasteiger partial charge in [0.05, 0.1) is 18.7 Å². The summed E-state index contributed by atoms with van der Waals surface area (Å²) in [6, 6.07) is 8.66. The third-order valence-electron chi connectivity index (χ3n) is 2.63. The van der Waals surface area contributed by atoms with Gasteiger partial charge < -0.3 is 9.47 Å². The lowest BCUT2D eigenvalue weighted by Crippen LogP contribution is -2.09. The highest BCUT2D eigenvalue weighted by molar-refractivity contribution is 14.1. The number of aryl methyl sites for hydroxylation is 1. The number of carbonyl (C=O) groups excluding carboxylic acids is 1. The third-order valence-corrected chi connectivity index (χ3v) is 3.16. The largest absolute Gasteiger partial charge is 0.464 e. The van der Waals surface area contributed by atoms with E-state index in [4.69, 9.17) is 10.00 Å². The molecule has 1 aromatic heterocycles. The van der Waals surface area contributed by atoms with Crippen molar-refractivity contribution < 1.29 is 14.3 Å². The maximum Gasteiger partial charge on any atom is 0.362 e. The van der Waals surface area contributed by atoms with Gasteiger partial charge in [-0.3, -0.25) is 0 Å². The molecule has 0 radical (unpaired) electrons. The van der Waals surface area contributed by atoms with Crippen LogP contribution >= 0.6 is 22.6 Å². The van der Waals surface area contributed by atoms with Crippen molar-refractivity contribution in [2.45, 2.75) is 6.92 Å². The first kappa shape index (κ1) is 15.2. The fourth-order valence-electron chi connectivity index (χ4n) is 1.62. The SMILES string of the molecule is COC(=O)c1nnc(I)cc1Oc1ccc(C#N)cc1C. The Labute approximate surface area is 134 Å². The Kier molecular flexibility index (Phi) is 4.70. The molecule has 0 unspecified atom stereocenters. The summed E-state index contributed by atoms with van der Waals surface area (Å²) in [5, 5.41) is 16.5. The summed E-state index contributed by atoms with van der Waals surface area (Å²) in [5.74, 6) is 0.164. The van der Waals surface area contributed by atoms with Gasteiger partial charge in [-0.15, -0.1) is 10.2 Å². The molecule has 0 amide bonds. The van der Waals surface area contributed by atoms with E-state index in [9.17, 15) is 4.79 Å². The molecule has 0 atom stereocenters. The standard InChI is InChI=1S/C14H10IN3O3/c1-8-5-9(7-16)3-4-10(8)21-11-6-12(15)17-18-13(11)14(19)20-2/h3-6H,1-2H3. The lowest BCUT2D eigenvalue weighted by molar-refractivity contribution is 0.0589. The lowest BCUT2D eigenvalue weighted by atomic mass is 10.1. The zero-order valence-electron chi connectivity index (χ0n) is 11.3. The van der Waals surface area contributed by atoms with Gasteiger partial charge in [-0.1, -0.05) is 0 Å². The Morgan fingerprint density at radius 2 is 2.05 bits per heavy atom. The van der Waals surface area contributed by atoms with Crippen LogP contribution in [0.1, 0.15) is 21.6 Å². The fourth-order valence-corrected chi connectivity index (χ4v) is 2.01. The summed E-state index contributed by atoms with van der Waals surface area (Å²) in [6.07, 6.45) is 0. The molecule has 0 fully saturated rings. The average Bonchev–Trinajstić information content (AvgIpc) is 2.48. The van der Waals surface area contributed by atoms with Crippen molar-refractivity contribution in [1.82, 2.24) is 10.2 Å². The fraction of sp³-hybridized carbons (Fsp3) is 0.143. The van der Waals surface area contributed by atoms with Crippen molar-refractivity contribution in [2.75, 3.05) is 7.11 Å². The van der Waals surface area contributed by atoms with E-state index in [1.165, 1.54) is 7.11 Å². The van der Waals surface area contributed by atoms with Gasteiger partial charge >= 0.3 is 5.97 Å². The summed E-state index contributed by atoms with van der Waals surface area (Å²) in [7, 11) is 1.26. The van der Waals surface area contributed by atoms with Gasteiger partial charge in [0.15, 0.2) is 5.75 Å². The van der Waals surface area contributed by atoms with E-state index in [-0.39, 0.29) is 11.4 Å². The number of aromatic nitrogens is 2. The summed E-state index contributed by atoms with van der Waals surface area (Å²) >= 11 is 1.97. The highest BCUT2D eigenvalue weighted by Crippen LogP contribution is 2.28. The van der Waals surface area contributed by atoms with Gasteiger partial charge in [-0.05, 0) is 53.3 Å². The van der Waals surface area contributed by atoms with Crippen molar-refractivity contribution in [3.63, 3.8) is 0 Å².